The molecule has 0 radical (unpaired) electrons. The highest BCUT2D eigenvalue weighted by Gasteiger charge is 2.33. The van der Waals surface area contributed by atoms with E-state index in [1.807, 2.05) is 27.7 Å². The van der Waals surface area contributed by atoms with Crippen LogP contribution in [0.25, 0.3) is 0 Å². The second kappa shape index (κ2) is 9.78. The molecule has 0 aliphatic carbocycles. The van der Waals surface area contributed by atoms with Gasteiger partial charge in [0.1, 0.15) is 24.0 Å². The van der Waals surface area contributed by atoms with Crippen LogP contribution in [0.5, 0.6) is 0 Å². The van der Waals surface area contributed by atoms with E-state index in [2.05, 4.69) is 26.0 Å². The average molecular weight is 397 g/mol. The molecule has 0 aromatic carbocycles. The third-order valence-electron chi connectivity index (χ3n) is 5.09. The number of nitrogens with one attached hydrogen (secondary N) is 2. The summed E-state index contributed by atoms with van der Waals surface area (Å²) >= 11 is 0. The van der Waals surface area contributed by atoms with Crippen LogP contribution in [-0.4, -0.2) is 50.7 Å². The Morgan fingerprint density at radius 3 is 2.25 bits per heavy atom. The molecular formula is C17H31N7O4. The largest absolute Gasteiger partial charge is 0.434 e. The van der Waals surface area contributed by atoms with Crippen molar-refractivity contribution < 1.29 is 4.92 Å². The van der Waals surface area contributed by atoms with Gasteiger partial charge in [0.25, 0.3) is 0 Å². The lowest BCUT2D eigenvalue weighted by Crippen LogP contribution is -2.51. The first-order valence-corrected chi connectivity index (χ1v) is 9.27. The first kappa shape index (κ1) is 23.8. The SMILES string of the molecule is Cc1cn(CC(N=O)C(C)(C)NCCCNC(C)(C)C(C)N=O)c([N+](=O)[O-])n1. The summed E-state index contributed by atoms with van der Waals surface area (Å²) in [7, 11) is 0. The van der Waals surface area contributed by atoms with Crippen molar-refractivity contribution in [1.82, 2.24) is 20.2 Å². The number of aromatic nitrogens is 2. The van der Waals surface area contributed by atoms with Crippen molar-refractivity contribution >= 4 is 5.95 Å². The van der Waals surface area contributed by atoms with E-state index in [0.717, 1.165) is 6.42 Å². The summed E-state index contributed by atoms with van der Waals surface area (Å²) in [6, 6.07) is -1.07. The van der Waals surface area contributed by atoms with Gasteiger partial charge in [-0.15, -0.1) is 0 Å². The summed E-state index contributed by atoms with van der Waals surface area (Å²) in [6.07, 6.45) is 2.30. The first-order valence-electron chi connectivity index (χ1n) is 9.27. The Hall–Kier alpha value is -2.27. The van der Waals surface area contributed by atoms with Crippen molar-refractivity contribution in [2.75, 3.05) is 13.1 Å². The highest BCUT2D eigenvalue weighted by atomic mass is 16.6. The van der Waals surface area contributed by atoms with Crippen LogP contribution in [0, 0.1) is 26.9 Å². The Labute approximate surface area is 164 Å². The zero-order chi connectivity index (χ0) is 21.5. The monoisotopic (exact) mass is 397 g/mol. The topological polar surface area (TPSA) is 144 Å². The van der Waals surface area contributed by atoms with Crippen LogP contribution in [0.15, 0.2) is 16.6 Å². The van der Waals surface area contributed by atoms with E-state index in [1.54, 1.807) is 20.0 Å². The molecule has 28 heavy (non-hydrogen) atoms. The van der Waals surface area contributed by atoms with Crippen LogP contribution in [0.1, 0.15) is 46.7 Å². The highest BCUT2D eigenvalue weighted by molar-refractivity contribution is 5.14. The molecule has 0 amide bonds. The number of nitrogens with zero attached hydrogens (tertiary/aromatic N) is 5. The minimum atomic E-state index is -0.719. The molecule has 0 bridgehead atoms. The molecule has 0 aliphatic heterocycles. The minimum absolute atomic E-state index is 0.0639. The lowest BCUT2D eigenvalue weighted by atomic mass is 9.94. The van der Waals surface area contributed by atoms with Crippen molar-refractivity contribution in [3.63, 3.8) is 0 Å². The Kier molecular flexibility index (Phi) is 8.30. The van der Waals surface area contributed by atoms with E-state index in [-0.39, 0.29) is 18.5 Å². The van der Waals surface area contributed by atoms with Gasteiger partial charge < -0.3 is 20.7 Å². The van der Waals surface area contributed by atoms with E-state index in [9.17, 15) is 19.9 Å². The molecule has 0 aliphatic rings. The third kappa shape index (κ3) is 6.41. The molecule has 11 nitrogen and oxygen atoms in total. The fourth-order valence-electron chi connectivity index (χ4n) is 2.70. The quantitative estimate of drug-likeness (QED) is 0.225. The molecule has 158 valence electrons. The molecule has 0 saturated heterocycles. The molecule has 11 heteroatoms. The van der Waals surface area contributed by atoms with Crippen LogP contribution >= 0.6 is 0 Å². The van der Waals surface area contributed by atoms with Crippen molar-refractivity contribution in [3.05, 3.63) is 31.8 Å². The molecule has 1 rings (SSSR count). The summed E-state index contributed by atoms with van der Waals surface area (Å²) in [5.41, 5.74) is -0.557. The van der Waals surface area contributed by atoms with Crippen LogP contribution in [0.4, 0.5) is 5.95 Å². The van der Waals surface area contributed by atoms with Crippen LogP contribution in [-0.2, 0) is 6.54 Å². The van der Waals surface area contributed by atoms with Gasteiger partial charge in [-0.25, -0.2) is 4.57 Å². The summed E-state index contributed by atoms with van der Waals surface area (Å²) in [5, 5.41) is 24.0. The maximum Gasteiger partial charge on any atom is 0.434 e. The number of nitro groups is 1. The molecule has 0 saturated carbocycles. The fraction of sp³-hybridized carbons (Fsp3) is 0.824. The van der Waals surface area contributed by atoms with Gasteiger partial charge in [0.05, 0.1) is 6.54 Å². The molecule has 1 aromatic rings. The Morgan fingerprint density at radius 2 is 1.75 bits per heavy atom. The number of hydrogen-bond donors (Lipinski definition) is 2. The normalized spacial score (nSPS) is 14.5. The molecule has 2 N–H and O–H groups in total. The third-order valence-corrected chi connectivity index (χ3v) is 5.09. The summed E-state index contributed by atoms with van der Waals surface area (Å²) in [6.45, 7) is 12.3. The van der Waals surface area contributed by atoms with E-state index >= 15 is 0 Å². The summed E-state index contributed by atoms with van der Waals surface area (Å²) in [5.74, 6) is -0.300. The van der Waals surface area contributed by atoms with Crippen molar-refractivity contribution in [2.24, 2.45) is 10.4 Å². The lowest BCUT2D eigenvalue weighted by Gasteiger charge is -2.31. The Morgan fingerprint density at radius 1 is 1.18 bits per heavy atom. The zero-order valence-corrected chi connectivity index (χ0v) is 17.4. The van der Waals surface area contributed by atoms with Gasteiger partial charge in [-0.2, -0.15) is 9.81 Å². The van der Waals surface area contributed by atoms with Gasteiger partial charge >= 0.3 is 5.95 Å². The summed E-state index contributed by atoms with van der Waals surface area (Å²) in [4.78, 5) is 36.5. The number of hydrogen-bond acceptors (Lipinski definition) is 9. The zero-order valence-electron chi connectivity index (χ0n) is 17.4. The maximum atomic E-state index is 11.4. The number of imidazole rings is 1. The molecular weight excluding hydrogens is 366 g/mol. The van der Waals surface area contributed by atoms with Crippen molar-refractivity contribution in [2.45, 2.75) is 77.7 Å². The fourth-order valence-corrected chi connectivity index (χ4v) is 2.70. The molecule has 1 aromatic heterocycles. The van der Waals surface area contributed by atoms with E-state index in [4.69, 9.17) is 0 Å². The number of rotatable bonds is 13. The van der Waals surface area contributed by atoms with Crippen molar-refractivity contribution in [3.8, 4) is 0 Å². The van der Waals surface area contributed by atoms with Gasteiger partial charge in [-0.3, -0.25) is 0 Å². The van der Waals surface area contributed by atoms with Gasteiger partial charge in [-0.1, -0.05) is 15.3 Å². The Bertz CT molecular complexity index is 687. The minimum Gasteiger partial charge on any atom is -0.390 e. The average Bonchev–Trinajstić information content (AvgIpc) is 2.98. The summed E-state index contributed by atoms with van der Waals surface area (Å²) < 4.78 is 1.35. The van der Waals surface area contributed by atoms with Gasteiger partial charge in [0, 0.05) is 11.1 Å². The van der Waals surface area contributed by atoms with E-state index in [1.165, 1.54) is 4.57 Å². The molecule has 0 fully saturated rings. The number of aryl methyl sites for hydroxylation is 1. The number of nitroso groups, excluding NO2 is 2. The predicted octanol–water partition coefficient (Wildman–Crippen LogP) is 2.52. The maximum absolute atomic E-state index is 11.4. The second-order valence-corrected chi connectivity index (χ2v) is 8.14. The first-order chi connectivity index (χ1) is 12.9. The van der Waals surface area contributed by atoms with Gasteiger partial charge in [0.2, 0.25) is 0 Å². The predicted molar refractivity (Wildman–Crippen MR) is 107 cm³/mol. The van der Waals surface area contributed by atoms with E-state index in [0.29, 0.717) is 18.8 Å². The van der Waals surface area contributed by atoms with Crippen LogP contribution < -0.4 is 10.6 Å². The standard InChI is InChI=1S/C17H31N7O4/c1-12-10-23(15(20-12)24(27)28)11-14(22-26)17(5,6)19-9-7-8-18-16(3,4)13(2)21-25/h10,13-14,18-19H,7-9,11H2,1-6H3. The second-order valence-electron chi connectivity index (χ2n) is 8.14. The van der Waals surface area contributed by atoms with Crippen LogP contribution in [0.3, 0.4) is 0 Å². The van der Waals surface area contributed by atoms with Crippen LogP contribution in [0.2, 0.25) is 0 Å². The van der Waals surface area contributed by atoms with E-state index < -0.39 is 22.0 Å². The van der Waals surface area contributed by atoms with Crippen molar-refractivity contribution in [1.29, 1.82) is 0 Å². The molecule has 2 atom stereocenters. The van der Waals surface area contributed by atoms with Gasteiger partial charge in [0.15, 0.2) is 0 Å². The highest BCUT2D eigenvalue weighted by Crippen LogP contribution is 2.19. The molecule has 0 spiro atoms. The smallest absolute Gasteiger partial charge is 0.390 e. The lowest BCUT2D eigenvalue weighted by molar-refractivity contribution is -0.396. The van der Waals surface area contributed by atoms with Gasteiger partial charge in [-0.05, 0) is 66.0 Å². The molecule has 2 unspecified atom stereocenters. The Balaban J connectivity index is 2.61. The molecule has 1 heterocycles.